The molecule has 0 aromatic heterocycles. The fourth-order valence-electron chi connectivity index (χ4n) is 1.88. The van der Waals surface area contributed by atoms with Crippen LogP contribution in [0.3, 0.4) is 0 Å². The van der Waals surface area contributed by atoms with Gasteiger partial charge in [-0.1, -0.05) is 18.5 Å². The standard InChI is InChI=1S/C15H20ClNO4/c1-10(3-6-15(19)20)9-17-14(18)8-11-7-12(16)4-5-13(11)21-2/h4-5,7,10H,3,6,8-9H2,1-2H3,(H,17,18)(H,19,20). The Labute approximate surface area is 129 Å². The molecular weight excluding hydrogens is 294 g/mol. The van der Waals surface area contributed by atoms with Crippen LogP contribution in [0.2, 0.25) is 5.02 Å². The minimum Gasteiger partial charge on any atom is -0.496 e. The van der Waals surface area contributed by atoms with Gasteiger partial charge in [0.15, 0.2) is 0 Å². The van der Waals surface area contributed by atoms with Gasteiger partial charge in [-0.15, -0.1) is 0 Å². The van der Waals surface area contributed by atoms with Gasteiger partial charge in [0.1, 0.15) is 5.75 Å². The average Bonchev–Trinajstić information content (AvgIpc) is 2.43. The smallest absolute Gasteiger partial charge is 0.303 e. The number of carbonyl (C=O) groups is 2. The molecule has 0 radical (unpaired) electrons. The Bertz CT molecular complexity index is 504. The molecule has 1 rings (SSSR count). The van der Waals surface area contributed by atoms with Crippen LogP contribution in [-0.4, -0.2) is 30.6 Å². The van der Waals surface area contributed by atoms with Gasteiger partial charge in [0.05, 0.1) is 13.5 Å². The summed E-state index contributed by atoms with van der Waals surface area (Å²) in [6, 6.07) is 5.13. The minimum absolute atomic E-state index is 0.110. The van der Waals surface area contributed by atoms with E-state index in [1.54, 1.807) is 25.3 Å². The maximum atomic E-state index is 11.9. The van der Waals surface area contributed by atoms with E-state index in [0.29, 0.717) is 23.7 Å². The van der Waals surface area contributed by atoms with Crippen LogP contribution in [-0.2, 0) is 16.0 Å². The lowest BCUT2D eigenvalue weighted by atomic mass is 10.1. The Morgan fingerprint density at radius 2 is 2.14 bits per heavy atom. The van der Waals surface area contributed by atoms with Gasteiger partial charge < -0.3 is 15.2 Å². The number of amides is 1. The van der Waals surface area contributed by atoms with Crippen molar-refractivity contribution in [2.75, 3.05) is 13.7 Å². The van der Waals surface area contributed by atoms with Crippen molar-refractivity contribution < 1.29 is 19.4 Å². The number of halogens is 1. The first kappa shape index (κ1) is 17.3. The Morgan fingerprint density at radius 1 is 1.43 bits per heavy atom. The van der Waals surface area contributed by atoms with Crippen LogP contribution in [0.5, 0.6) is 5.75 Å². The molecule has 116 valence electrons. The number of carbonyl (C=O) groups excluding carboxylic acids is 1. The summed E-state index contributed by atoms with van der Waals surface area (Å²) >= 11 is 5.91. The van der Waals surface area contributed by atoms with Crippen molar-refractivity contribution in [3.63, 3.8) is 0 Å². The van der Waals surface area contributed by atoms with E-state index in [4.69, 9.17) is 21.4 Å². The Balaban J connectivity index is 2.47. The fraction of sp³-hybridized carbons (Fsp3) is 0.467. The van der Waals surface area contributed by atoms with E-state index >= 15 is 0 Å². The summed E-state index contributed by atoms with van der Waals surface area (Å²) in [7, 11) is 1.54. The molecule has 0 fully saturated rings. The molecule has 0 aliphatic rings. The van der Waals surface area contributed by atoms with Crippen LogP contribution in [0, 0.1) is 5.92 Å². The van der Waals surface area contributed by atoms with Crippen molar-refractivity contribution >= 4 is 23.5 Å². The highest BCUT2D eigenvalue weighted by molar-refractivity contribution is 6.30. The molecule has 0 bridgehead atoms. The van der Waals surface area contributed by atoms with Gasteiger partial charge in [-0.05, 0) is 30.5 Å². The SMILES string of the molecule is COc1ccc(Cl)cc1CC(=O)NCC(C)CCC(=O)O. The summed E-state index contributed by atoms with van der Waals surface area (Å²) in [6.07, 6.45) is 0.824. The van der Waals surface area contributed by atoms with E-state index in [0.717, 1.165) is 5.56 Å². The summed E-state index contributed by atoms with van der Waals surface area (Å²) in [5.74, 6) is -0.227. The van der Waals surface area contributed by atoms with Crippen molar-refractivity contribution in [3.05, 3.63) is 28.8 Å². The lowest BCUT2D eigenvalue weighted by Crippen LogP contribution is -2.29. The van der Waals surface area contributed by atoms with Crippen molar-refractivity contribution in [1.82, 2.24) is 5.32 Å². The fourth-order valence-corrected chi connectivity index (χ4v) is 2.08. The van der Waals surface area contributed by atoms with Crippen molar-refractivity contribution in [1.29, 1.82) is 0 Å². The predicted octanol–water partition coefficient (Wildman–Crippen LogP) is 2.51. The second kappa shape index (κ2) is 8.52. The Kier molecular flexibility index (Phi) is 7.02. The summed E-state index contributed by atoms with van der Waals surface area (Å²) in [5, 5.41) is 11.9. The molecule has 0 aliphatic heterocycles. The minimum atomic E-state index is -0.822. The molecular formula is C15H20ClNO4. The van der Waals surface area contributed by atoms with Crippen LogP contribution >= 0.6 is 11.6 Å². The van der Waals surface area contributed by atoms with E-state index in [-0.39, 0.29) is 24.7 Å². The normalized spacial score (nSPS) is 11.8. The number of hydrogen-bond donors (Lipinski definition) is 2. The lowest BCUT2D eigenvalue weighted by molar-refractivity contribution is -0.137. The maximum Gasteiger partial charge on any atom is 0.303 e. The van der Waals surface area contributed by atoms with Gasteiger partial charge in [0.2, 0.25) is 5.91 Å². The highest BCUT2D eigenvalue weighted by Crippen LogP contribution is 2.23. The highest BCUT2D eigenvalue weighted by atomic mass is 35.5. The zero-order valence-corrected chi connectivity index (χ0v) is 12.9. The lowest BCUT2D eigenvalue weighted by Gasteiger charge is -2.13. The van der Waals surface area contributed by atoms with E-state index in [1.165, 1.54) is 0 Å². The number of aliphatic carboxylic acids is 1. The van der Waals surface area contributed by atoms with E-state index < -0.39 is 5.97 Å². The molecule has 1 amide bonds. The number of carboxylic acid groups (broad SMARTS) is 1. The molecule has 2 N–H and O–H groups in total. The summed E-state index contributed by atoms with van der Waals surface area (Å²) < 4.78 is 5.19. The van der Waals surface area contributed by atoms with Gasteiger partial charge >= 0.3 is 5.97 Å². The number of carboxylic acids is 1. The molecule has 6 heteroatoms. The number of rotatable bonds is 8. The van der Waals surface area contributed by atoms with Crippen LogP contribution in [0.1, 0.15) is 25.3 Å². The summed E-state index contributed by atoms with van der Waals surface area (Å²) in [6.45, 7) is 2.36. The van der Waals surface area contributed by atoms with E-state index in [2.05, 4.69) is 5.32 Å². The zero-order valence-electron chi connectivity index (χ0n) is 12.2. The molecule has 5 nitrogen and oxygen atoms in total. The number of nitrogens with one attached hydrogen (secondary N) is 1. The molecule has 0 aliphatic carbocycles. The van der Waals surface area contributed by atoms with Crippen molar-refractivity contribution in [2.45, 2.75) is 26.2 Å². The first-order valence-corrected chi connectivity index (χ1v) is 7.11. The van der Waals surface area contributed by atoms with Gasteiger partial charge in [-0.3, -0.25) is 9.59 Å². The van der Waals surface area contributed by atoms with Crippen LogP contribution < -0.4 is 10.1 Å². The predicted molar refractivity (Wildman–Crippen MR) is 80.8 cm³/mol. The average molecular weight is 314 g/mol. The molecule has 0 saturated heterocycles. The maximum absolute atomic E-state index is 11.9. The van der Waals surface area contributed by atoms with Gasteiger partial charge in [0, 0.05) is 23.6 Å². The molecule has 1 aromatic carbocycles. The topological polar surface area (TPSA) is 75.6 Å². The first-order chi connectivity index (χ1) is 9.92. The van der Waals surface area contributed by atoms with Crippen LogP contribution in [0.4, 0.5) is 0 Å². The third-order valence-electron chi connectivity index (χ3n) is 3.09. The number of ether oxygens (including phenoxy) is 1. The molecule has 0 saturated carbocycles. The molecule has 0 heterocycles. The second-order valence-corrected chi connectivity index (χ2v) is 5.41. The van der Waals surface area contributed by atoms with Gasteiger partial charge in [0.25, 0.3) is 0 Å². The number of benzene rings is 1. The summed E-state index contributed by atoms with van der Waals surface area (Å²) in [5.41, 5.74) is 0.723. The van der Waals surface area contributed by atoms with E-state index in [1.807, 2.05) is 6.92 Å². The highest BCUT2D eigenvalue weighted by Gasteiger charge is 2.11. The molecule has 0 spiro atoms. The second-order valence-electron chi connectivity index (χ2n) is 4.97. The first-order valence-electron chi connectivity index (χ1n) is 6.73. The largest absolute Gasteiger partial charge is 0.496 e. The Hall–Kier alpha value is -1.75. The monoisotopic (exact) mass is 313 g/mol. The zero-order chi connectivity index (χ0) is 15.8. The van der Waals surface area contributed by atoms with Gasteiger partial charge in [-0.2, -0.15) is 0 Å². The molecule has 21 heavy (non-hydrogen) atoms. The van der Waals surface area contributed by atoms with Crippen molar-refractivity contribution in [3.8, 4) is 5.75 Å². The van der Waals surface area contributed by atoms with Crippen LogP contribution in [0.15, 0.2) is 18.2 Å². The quantitative estimate of drug-likeness (QED) is 0.773. The molecule has 1 atom stereocenters. The third kappa shape index (κ3) is 6.49. The number of methoxy groups -OCH3 is 1. The van der Waals surface area contributed by atoms with Crippen LogP contribution in [0.25, 0.3) is 0 Å². The van der Waals surface area contributed by atoms with Crippen molar-refractivity contribution in [2.24, 2.45) is 5.92 Å². The van der Waals surface area contributed by atoms with E-state index in [9.17, 15) is 9.59 Å². The van der Waals surface area contributed by atoms with Gasteiger partial charge in [-0.25, -0.2) is 0 Å². The molecule has 1 aromatic rings. The third-order valence-corrected chi connectivity index (χ3v) is 3.33. The molecule has 1 unspecified atom stereocenters. The number of hydrogen-bond acceptors (Lipinski definition) is 3. The Morgan fingerprint density at radius 3 is 2.76 bits per heavy atom. The summed E-state index contributed by atoms with van der Waals surface area (Å²) in [4.78, 5) is 22.4.